The van der Waals surface area contributed by atoms with Gasteiger partial charge >= 0.3 is 0 Å². The molecule has 7 nitrogen and oxygen atoms in total. The van der Waals surface area contributed by atoms with Gasteiger partial charge in [-0.1, -0.05) is 26.0 Å². The minimum Gasteiger partial charge on any atom is -0.497 e. The van der Waals surface area contributed by atoms with Gasteiger partial charge in [0.25, 0.3) is 0 Å². The molecule has 0 saturated carbocycles. The Morgan fingerprint density at radius 1 is 1.14 bits per heavy atom. The lowest BCUT2D eigenvalue weighted by molar-refractivity contribution is 0.111. The van der Waals surface area contributed by atoms with Gasteiger partial charge in [0.2, 0.25) is 0 Å². The molecule has 0 fully saturated rings. The molecule has 2 heterocycles. The molecule has 2 aromatic heterocycles. The van der Waals surface area contributed by atoms with E-state index in [4.69, 9.17) is 9.15 Å². The van der Waals surface area contributed by atoms with Crippen molar-refractivity contribution in [1.82, 2.24) is 25.1 Å². The van der Waals surface area contributed by atoms with E-state index in [-0.39, 0.29) is 11.6 Å². The number of nitrogens with zero attached hydrogens (tertiary/aromatic N) is 5. The fourth-order valence-corrected chi connectivity index (χ4v) is 3.60. The van der Waals surface area contributed by atoms with Gasteiger partial charge in [-0.25, -0.2) is 4.68 Å². The van der Waals surface area contributed by atoms with E-state index in [1.54, 1.807) is 13.4 Å². The quantitative estimate of drug-likeness (QED) is 0.560. The van der Waals surface area contributed by atoms with E-state index in [1.165, 1.54) is 0 Å². The fourth-order valence-electron chi connectivity index (χ4n) is 3.60. The van der Waals surface area contributed by atoms with Crippen molar-refractivity contribution in [3.63, 3.8) is 0 Å². The smallest absolute Gasteiger partial charge is 0.169 e. The van der Waals surface area contributed by atoms with Crippen LogP contribution in [0.1, 0.15) is 57.8 Å². The molecule has 0 aliphatic heterocycles. The highest BCUT2D eigenvalue weighted by Gasteiger charge is 2.32. The third-order valence-electron chi connectivity index (χ3n) is 4.88. The number of hydrogen-bond donors (Lipinski definition) is 0. The fraction of sp³-hybridized carbons (Fsp3) is 0.500. The van der Waals surface area contributed by atoms with Gasteiger partial charge in [0.15, 0.2) is 5.82 Å². The molecule has 0 aliphatic carbocycles. The summed E-state index contributed by atoms with van der Waals surface area (Å²) in [6.07, 6.45) is 1.71. The summed E-state index contributed by atoms with van der Waals surface area (Å²) in [6, 6.07) is 12.1. The van der Waals surface area contributed by atoms with E-state index in [1.807, 2.05) is 28.9 Å². The normalized spacial score (nSPS) is 13.2. The summed E-state index contributed by atoms with van der Waals surface area (Å²) in [5.41, 5.74) is 0.953. The lowest BCUT2D eigenvalue weighted by Crippen LogP contribution is -2.36. The summed E-state index contributed by atoms with van der Waals surface area (Å²) in [5, 5.41) is 12.7. The maximum atomic E-state index is 5.67. The first-order valence-corrected chi connectivity index (χ1v) is 9.97. The molecule has 1 unspecified atom stereocenters. The van der Waals surface area contributed by atoms with E-state index >= 15 is 0 Å². The number of methoxy groups -OCH3 is 1. The van der Waals surface area contributed by atoms with E-state index in [0.29, 0.717) is 12.5 Å². The van der Waals surface area contributed by atoms with Crippen molar-refractivity contribution >= 4 is 0 Å². The van der Waals surface area contributed by atoms with Crippen molar-refractivity contribution in [2.45, 2.75) is 59.3 Å². The molecule has 0 saturated heterocycles. The zero-order valence-corrected chi connectivity index (χ0v) is 18.2. The SMILES string of the molecule is COc1cccc(CN(Cc2ccco2)C(c2nnnn2C(C)(C)C)C(C)C)c1. The molecular formula is C22H31N5O2. The standard InChI is InChI=1S/C22H31N5O2/c1-16(2)20(21-23-24-25-27(21)22(3,4)5)26(15-19-11-8-12-29-19)14-17-9-7-10-18(13-17)28-6/h7-13,16,20H,14-15H2,1-6H3. The Morgan fingerprint density at radius 3 is 2.55 bits per heavy atom. The van der Waals surface area contributed by atoms with Crippen molar-refractivity contribution in [2.24, 2.45) is 5.92 Å². The molecule has 0 amide bonds. The second-order valence-electron chi connectivity index (χ2n) is 8.64. The largest absolute Gasteiger partial charge is 0.497 e. The Balaban J connectivity index is 2.01. The third kappa shape index (κ3) is 5.03. The molecule has 0 radical (unpaired) electrons. The van der Waals surface area contributed by atoms with Crippen molar-refractivity contribution in [3.8, 4) is 5.75 Å². The van der Waals surface area contributed by atoms with E-state index in [9.17, 15) is 0 Å². The molecule has 0 spiro atoms. The topological polar surface area (TPSA) is 69.2 Å². The predicted molar refractivity (Wildman–Crippen MR) is 111 cm³/mol. The second kappa shape index (κ2) is 8.78. The second-order valence-corrected chi connectivity index (χ2v) is 8.64. The molecule has 3 rings (SSSR count). The zero-order valence-electron chi connectivity index (χ0n) is 18.2. The highest BCUT2D eigenvalue weighted by atomic mass is 16.5. The van der Waals surface area contributed by atoms with Gasteiger partial charge in [0.1, 0.15) is 11.5 Å². The molecule has 0 N–H and O–H groups in total. The number of rotatable bonds is 8. The lowest BCUT2D eigenvalue weighted by atomic mass is 9.99. The molecule has 156 valence electrons. The highest BCUT2D eigenvalue weighted by Crippen LogP contribution is 2.32. The van der Waals surface area contributed by atoms with Gasteiger partial charge in [-0.15, -0.1) is 5.10 Å². The molecule has 29 heavy (non-hydrogen) atoms. The Kier molecular flexibility index (Phi) is 6.37. The number of hydrogen-bond acceptors (Lipinski definition) is 6. The Bertz CT molecular complexity index is 896. The van der Waals surface area contributed by atoms with Crippen molar-refractivity contribution in [1.29, 1.82) is 0 Å². The Labute approximate surface area is 172 Å². The molecular weight excluding hydrogens is 366 g/mol. The van der Waals surface area contributed by atoms with Crippen LogP contribution in [-0.4, -0.2) is 32.2 Å². The molecule has 3 aromatic rings. The zero-order chi connectivity index (χ0) is 21.0. The first kappa shape index (κ1) is 21.0. The van der Waals surface area contributed by atoms with Crippen LogP contribution in [0.5, 0.6) is 5.75 Å². The van der Waals surface area contributed by atoms with Crippen LogP contribution in [0.25, 0.3) is 0 Å². The van der Waals surface area contributed by atoms with Gasteiger partial charge in [0.05, 0.1) is 31.5 Å². The highest BCUT2D eigenvalue weighted by molar-refractivity contribution is 5.28. The number of ether oxygens (including phenoxy) is 1. The summed E-state index contributed by atoms with van der Waals surface area (Å²) in [6.45, 7) is 12.1. The summed E-state index contributed by atoms with van der Waals surface area (Å²) >= 11 is 0. The predicted octanol–water partition coefficient (Wildman–Crippen LogP) is 4.43. The number of aromatic nitrogens is 4. The van der Waals surface area contributed by atoms with Crippen molar-refractivity contribution < 1.29 is 9.15 Å². The van der Waals surface area contributed by atoms with Crippen LogP contribution in [0.2, 0.25) is 0 Å². The van der Waals surface area contributed by atoms with Crippen molar-refractivity contribution in [3.05, 3.63) is 59.8 Å². The Hall–Kier alpha value is -2.67. The van der Waals surface area contributed by atoms with Crippen LogP contribution in [0.3, 0.4) is 0 Å². The van der Waals surface area contributed by atoms with E-state index in [0.717, 1.165) is 29.4 Å². The van der Waals surface area contributed by atoms with Crippen LogP contribution < -0.4 is 4.74 Å². The number of furan rings is 1. The molecule has 1 aromatic carbocycles. The van der Waals surface area contributed by atoms with Crippen LogP contribution >= 0.6 is 0 Å². The number of tetrazole rings is 1. The van der Waals surface area contributed by atoms with Crippen LogP contribution in [0.15, 0.2) is 47.1 Å². The first-order valence-electron chi connectivity index (χ1n) is 9.97. The average Bonchev–Trinajstić information content (AvgIpc) is 3.33. The molecule has 0 aliphatic rings. The lowest BCUT2D eigenvalue weighted by Gasteiger charge is -2.34. The minimum atomic E-state index is -0.210. The average molecular weight is 398 g/mol. The van der Waals surface area contributed by atoms with Crippen LogP contribution in [0.4, 0.5) is 0 Å². The molecule has 7 heteroatoms. The van der Waals surface area contributed by atoms with Gasteiger partial charge in [-0.3, -0.25) is 4.90 Å². The van der Waals surface area contributed by atoms with Crippen molar-refractivity contribution in [2.75, 3.05) is 7.11 Å². The third-order valence-corrected chi connectivity index (χ3v) is 4.88. The van der Waals surface area contributed by atoms with Crippen LogP contribution in [0, 0.1) is 5.92 Å². The van der Waals surface area contributed by atoms with E-state index < -0.39 is 0 Å². The summed E-state index contributed by atoms with van der Waals surface area (Å²) < 4.78 is 13.0. The minimum absolute atomic E-state index is 0.0144. The molecule has 0 bridgehead atoms. The summed E-state index contributed by atoms with van der Waals surface area (Å²) in [5.74, 6) is 2.92. The number of benzene rings is 1. The maximum absolute atomic E-state index is 5.67. The van der Waals surface area contributed by atoms with Crippen LogP contribution in [-0.2, 0) is 18.6 Å². The van der Waals surface area contributed by atoms with E-state index in [2.05, 4.69) is 67.2 Å². The van der Waals surface area contributed by atoms with Gasteiger partial charge in [0, 0.05) is 6.54 Å². The Morgan fingerprint density at radius 2 is 1.93 bits per heavy atom. The first-order chi connectivity index (χ1) is 13.8. The van der Waals surface area contributed by atoms with Gasteiger partial charge in [-0.2, -0.15) is 0 Å². The maximum Gasteiger partial charge on any atom is 0.169 e. The summed E-state index contributed by atoms with van der Waals surface area (Å²) in [7, 11) is 1.69. The van der Waals surface area contributed by atoms with Gasteiger partial charge in [-0.05, 0) is 66.9 Å². The summed E-state index contributed by atoms with van der Waals surface area (Å²) in [4.78, 5) is 2.37. The molecule has 1 atom stereocenters. The van der Waals surface area contributed by atoms with Gasteiger partial charge < -0.3 is 9.15 Å². The monoisotopic (exact) mass is 397 g/mol.